The van der Waals surface area contributed by atoms with Gasteiger partial charge < -0.3 is 0 Å². The van der Waals surface area contributed by atoms with E-state index >= 15 is 0 Å². The number of hydrogen-bond donors (Lipinski definition) is 0. The maximum Gasteiger partial charge on any atom is 0.300 e. The number of thioether (sulfide) groups is 1. The van der Waals surface area contributed by atoms with Crippen molar-refractivity contribution in [1.29, 1.82) is 0 Å². The van der Waals surface area contributed by atoms with E-state index in [2.05, 4.69) is 5.92 Å². The van der Waals surface area contributed by atoms with Gasteiger partial charge in [0.05, 0.1) is 0 Å². The van der Waals surface area contributed by atoms with Gasteiger partial charge in [-0.25, -0.2) is 0 Å². The molecule has 1 aliphatic rings. The van der Waals surface area contributed by atoms with Gasteiger partial charge in [0.2, 0.25) is 0 Å². The Balaban J connectivity index is 2.35. The maximum absolute atomic E-state index is 10.5. The molecular formula is C8H11ClO2S2. The smallest absolute Gasteiger partial charge is 0.198 e. The summed E-state index contributed by atoms with van der Waals surface area (Å²) in [5.74, 6) is 5.47. The van der Waals surface area contributed by atoms with Gasteiger partial charge in [0.25, 0.3) is 0 Å². The van der Waals surface area contributed by atoms with Gasteiger partial charge in [-0.05, 0) is 30.3 Å². The van der Waals surface area contributed by atoms with Crippen molar-refractivity contribution in [3.05, 3.63) is 0 Å². The first-order valence-electron chi connectivity index (χ1n) is 4.10. The second kappa shape index (κ2) is 5.14. The lowest BCUT2D eigenvalue weighted by molar-refractivity contribution is 0.537. The van der Waals surface area contributed by atoms with Gasteiger partial charge in [0.15, 0.2) is 0 Å². The minimum atomic E-state index is -3.62. The first kappa shape index (κ1) is 11.2. The number of rotatable bonds is 1. The van der Waals surface area contributed by atoms with Gasteiger partial charge in [-0.1, -0.05) is 5.92 Å². The molecular weight excluding hydrogens is 228 g/mol. The predicted octanol–water partition coefficient (Wildman–Crippen LogP) is 2.05. The molecule has 1 fully saturated rings. The van der Waals surface area contributed by atoms with Crippen molar-refractivity contribution >= 4 is 31.5 Å². The fourth-order valence-corrected chi connectivity index (χ4v) is 2.82. The summed E-state index contributed by atoms with van der Waals surface area (Å²) < 4.78 is 20.9. The molecule has 13 heavy (non-hydrogen) atoms. The Hall–Kier alpha value is 0.150. The minimum absolute atomic E-state index is 0.546. The quantitative estimate of drug-likeness (QED) is 0.518. The molecule has 0 spiro atoms. The van der Waals surface area contributed by atoms with E-state index in [0.29, 0.717) is 12.3 Å². The van der Waals surface area contributed by atoms with Crippen LogP contribution in [0.1, 0.15) is 19.3 Å². The van der Waals surface area contributed by atoms with Crippen LogP contribution in [0, 0.1) is 17.1 Å². The van der Waals surface area contributed by atoms with E-state index in [1.165, 1.54) is 12.2 Å². The summed E-state index contributed by atoms with van der Waals surface area (Å²) in [6.07, 6.45) is 3.02. The third-order valence-electron chi connectivity index (χ3n) is 1.84. The lowest BCUT2D eigenvalue weighted by atomic mass is 10.0. The molecule has 1 unspecified atom stereocenters. The zero-order valence-corrected chi connectivity index (χ0v) is 9.51. The van der Waals surface area contributed by atoms with Crippen molar-refractivity contribution in [3.63, 3.8) is 0 Å². The van der Waals surface area contributed by atoms with Gasteiger partial charge in [-0.2, -0.15) is 20.2 Å². The molecule has 2 nitrogen and oxygen atoms in total. The Labute approximate surface area is 87.8 Å². The van der Waals surface area contributed by atoms with Gasteiger partial charge in [-0.3, -0.25) is 0 Å². The van der Waals surface area contributed by atoms with Gasteiger partial charge in [0, 0.05) is 22.4 Å². The fourth-order valence-electron chi connectivity index (χ4n) is 1.24. The summed E-state index contributed by atoms with van der Waals surface area (Å²) in [6.45, 7) is 0. The van der Waals surface area contributed by atoms with Crippen molar-refractivity contribution < 1.29 is 8.42 Å². The summed E-state index contributed by atoms with van der Waals surface area (Å²) in [6, 6.07) is 0. The second-order valence-electron chi connectivity index (χ2n) is 3.00. The summed E-state index contributed by atoms with van der Waals surface area (Å²) in [7, 11) is 1.32. The third kappa shape index (κ3) is 5.45. The molecule has 0 amide bonds. The second-order valence-corrected chi connectivity index (χ2v) is 6.45. The Morgan fingerprint density at radius 2 is 2.31 bits per heavy atom. The highest BCUT2D eigenvalue weighted by Gasteiger charge is 2.12. The van der Waals surface area contributed by atoms with Crippen LogP contribution in [0.2, 0.25) is 0 Å². The lowest BCUT2D eigenvalue weighted by Crippen LogP contribution is -2.09. The Morgan fingerprint density at radius 1 is 1.54 bits per heavy atom. The van der Waals surface area contributed by atoms with E-state index in [4.69, 9.17) is 10.7 Å². The van der Waals surface area contributed by atoms with Crippen molar-refractivity contribution in [2.24, 2.45) is 5.92 Å². The number of hydrogen-bond acceptors (Lipinski definition) is 3. The molecule has 0 radical (unpaired) electrons. The molecule has 1 atom stereocenters. The molecule has 0 bridgehead atoms. The highest BCUT2D eigenvalue weighted by molar-refractivity contribution is 8.17. The van der Waals surface area contributed by atoms with Crippen LogP contribution in [-0.4, -0.2) is 19.9 Å². The largest absolute Gasteiger partial charge is 0.300 e. The van der Waals surface area contributed by atoms with Crippen LogP contribution >= 0.6 is 22.4 Å². The van der Waals surface area contributed by atoms with E-state index in [9.17, 15) is 8.42 Å². The minimum Gasteiger partial charge on any atom is -0.198 e. The SMILES string of the molecule is O=S(=O)(Cl)C#CCC1CCCSC1. The molecule has 1 saturated heterocycles. The Kier molecular flexibility index (Phi) is 4.43. The zero-order chi connectivity index (χ0) is 9.73. The fraction of sp³-hybridized carbons (Fsp3) is 0.750. The molecule has 0 aromatic carbocycles. The molecule has 0 saturated carbocycles. The van der Waals surface area contributed by atoms with Crippen LogP contribution in [0.5, 0.6) is 0 Å². The molecule has 1 rings (SSSR count). The molecule has 1 aliphatic heterocycles. The van der Waals surface area contributed by atoms with Crippen LogP contribution in [0.3, 0.4) is 0 Å². The molecule has 5 heteroatoms. The average molecular weight is 239 g/mol. The highest BCUT2D eigenvalue weighted by Crippen LogP contribution is 2.24. The topological polar surface area (TPSA) is 34.1 Å². The molecule has 74 valence electrons. The molecule has 1 heterocycles. The van der Waals surface area contributed by atoms with Gasteiger partial charge in [0.1, 0.15) is 0 Å². The van der Waals surface area contributed by atoms with E-state index in [0.717, 1.165) is 12.2 Å². The summed E-state index contributed by atoms with van der Waals surface area (Å²) >= 11 is 1.91. The van der Waals surface area contributed by atoms with Crippen LogP contribution in [0.4, 0.5) is 0 Å². The highest BCUT2D eigenvalue weighted by atomic mass is 35.7. The summed E-state index contributed by atoms with van der Waals surface area (Å²) in [5, 5.41) is 2.05. The van der Waals surface area contributed by atoms with E-state index in [1.807, 2.05) is 17.0 Å². The average Bonchev–Trinajstić information content (AvgIpc) is 2.04. The van der Waals surface area contributed by atoms with Crippen LogP contribution in [-0.2, 0) is 9.05 Å². The van der Waals surface area contributed by atoms with Gasteiger partial charge >= 0.3 is 9.05 Å². The Bertz CT molecular complexity index is 307. The molecule has 0 aliphatic carbocycles. The maximum atomic E-state index is 10.5. The van der Waals surface area contributed by atoms with Crippen molar-refractivity contribution in [2.45, 2.75) is 19.3 Å². The normalized spacial score (nSPS) is 23.3. The van der Waals surface area contributed by atoms with Crippen LogP contribution in [0.15, 0.2) is 0 Å². The lowest BCUT2D eigenvalue weighted by Gasteiger charge is -2.18. The number of halogens is 1. The van der Waals surface area contributed by atoms with E-state index in [1.54, 1.807) is 0 Å². The van der Waals surface area contributed by atoms with Crippen molar-refractivity contribution in [2.75, 3.05) is 11.5 Å². The first-order valence-corrected chi connectivity index (χ1v) is 7.56. The van der Waals surface area contributed by atoms with Crippen LogP contribution in [0.25, 0.3) is 0 Å². The third-order valence-corrected chi connectivity index (χ3v) is 3.74. The monoisotopic (exact) mass is 238 g/mol. The van der Waals surface area contributed by atoms with Crippen molar-refractivity contribution in [3.8, 4) is 11.2 Å². The molecule has 0 aromatic heterocycles. The van der Waals surface area contributed by atoms with Crippen LogP contribution < -0.4 is 0 Å². The molecule has 0 N–H and O–H groups in total. The summed E-state index contributed by atoms with van der Waals surface area (Å²) in [4.78, 5) is 0. The first-order chi connectivity index (χ1) is 6.08. The summed E-state index contributed by atoms with van der Waals surface area (Å²) in [5.41, 5.74) is 0. The van der Waals surface area contributed by atoms with E-state index in [-0.39, 0.29) is 0 Å². The van der Waals surface area contributed by atoms with E-state index < -0.39 is 9.05 Å². The predicted molar refractivity (Wildman–Crippen MR) is 57.2 cm³/mol. The van der Waals surface area contributed by atoms with Crippen molar-refractivity contribution in [1.82, 2.24) is 0 Å². The molecule has 0 aromatic rings. The standard InChI is InChI=1S/C8H11ClO2S2/c9-13(10,11)6-2-4-8-3-1-5-12-7-8/h8H,1,3-5,7H2. The van der Waals surface area contributed by atoms with Gasteiger partial charge in [-0.15, -0.1) is 0 Å². The zero-order valence-electron chi connectivity index (χ0n) is 7.12. The Morgan fingerprint density at radius 3 is 2.85 bits per heavy atom.